The van der Waals surface area contributed by atoms with E-state index in [0.717, 1.165) is 16.7 Å². The van der Waals surface area contributed by atoms with Gasteiger partial charge >= 0.3 is 0 Å². The fraction of sp³-hybridized carbons (Fsp3) is 0.250. The Morgan fingerprint density at radius 3 is 2.40 bits per heavy atom. The number of allylic oxidation sites excluding steroid dienone is 2. The van der Waals surface area contributed by atoms with Gasteiger partial charge in [-0.1, -0.05) is 30.4 Å². The van der Waals surface area contributed by atoms with E-state index in [-0.39, 0.29) is 5.91 Å². The average Bonchev–Trinajstić information content (AvgIpc) is 2.82. The van der Waals surface area contributed by atoms with E-state index in [4.69, 9.17) is 19.5 Å². The highest BCUT2D eigenvalue weighted by molar-refractivity contribution is 5.98. The second-order valence-electron chi connectivity index (χ2n) is 6.67. The van der Waals surface area contributed by atoms with Crippen LogP contribution in [0.5, 0.6) is 11.5 Å². The molecule has 0 aromatic heterocycles. The van der Waals surface area contributed by atoms with Gasteiger partial charge in [-0.05, 0) is 41.0 Å². The van der Waals surface area contributed by atoms with Crippen molar-refractivity contribution in [2.45, 2.75) is 0 Å². The molecule has 0 unspecified atom stereocenters. The van der Waals surface area contributed by atoms with Gasteiger partial charge in [-0.15, -0.1) is 0 Å². The van der Waals surface area contributed by atoms with Gasteiger partial charge in [0.2, 0.25) is 5.91 Å². The summed E-state index contributed by atoms with van der Waals surface area (Å²) in [6, 6.07) is 14.9. The minimum Gasteiger partial charge on any atom is -0.493 e. The first-order valence-corrected chi connectivity index (χ1v) is 9.63. The summed E-state index contributed by atoms with van der Waals surface area (Å²) in [5.74, 6) is 1.15. The third-order valence-electron chi connectivity index (χ3n) is 4.81. The number of carbonyl (C=O) groups excluding carboxylic acids is 1. The molecule has 154 valence electrons. The first kappa shape index (κ1) is 21.2. The van der Waals surface area contributed by atoms with Gasteiger partial charge in [0.25, 0.3) is 0 Å². The molecule has 0 spiro atoms. The number of nitrogens with zero attached hydrogens (tertiary/aromatic N) is 2. The first-order valence-electron chi connectivity index (χ1n) is 9.63. The first-order chi connectivity index (χ1) is 14.6. The molecule has 1 fully saturated rings. The van der Waals surface area contributed by atoms with Gasteiger partial charge in [0.15, 0.2) is 11.5 Å². The second-order valence-corrected chi connectivity index (χ2v) is 6.67. The van der Waals surface area contributed by atoms with Gasteiger partial charge in [-0.3, -0.25) is 4.79 Å². The van der Waals surface area contributed by atoms with Gasteiger partial charge in [0.05, 0.1) is 39.1 Å². The maximum Gasteiger partial charge on any atom is 0.247 e. The summed E-state index contributed by atoms with van der Waals surface area (Å²) < 4.78 is 16.1. The van der Waals surface area contributed by atoms with E-state index in [1.54, 1.807) is 37.3 Å². The molecule has 1 saturated heterocycles. The number of rotatable bonds is 6. The summed E-state index contributed by atoms with van der Waals surface area (Å²) in [4.78, 5) is 14.6. The number of benzene rings is 2. The van der Waals surface area contributed by atoms with E-state index in [0.29, 0.717) is 43.4 Å². The zero-order valence-electron chi connectivity index (χ0n) is 17.1. The lowest BCUT2D eigenvalue weighted by atomic mass is 10.0. The van der Waals surface area contributed by atoms with Crippen LogP contribution in [0.15, 0.2) is 54.6 Å². The summed E-state index contributed by atoms with van der Waals surface area (Å²) in [5, 5.41) is 8.96. The van der Waals surface area contributed by atoms with Gasteiger partial charge in [0, 0.05) is 19.2 Å². The normalized spacial score (nSPS) is 14.4. The van der Waals surface area contributed by atoms with E-state index in [1.807, 2.05) is 42.5 Å². The zero-order valence-corrected chi connectivity index (χ0v) is 17.1. The largest absolute Gasteiger partial charge is 0.493 e. The van der Waals surface area contributed by atoms with E-state index in [9.17, 15) is 4.79 Å². The van der Waals surface area contributed by atoms with Crippen LogP contribution in [0.1, 0.15) is 16.7 Å². The smallest absolute Gasteiger partial charge is 0.247 e. The molecule has 0 bridgehead atoms. The highest BCUT2D eigenvalue weighted by Crippen LogP contribution is 2.31. The quantitative estimate of drug-likeness (QED) is 0.544. The maximum atomic E-state index is 12.8. The molecular formula is C24H24N2O4. The number of hydrogen-bond donors (Lipinski definition) is 0. The van der Waals surface area contributed by atoms with E-state index in [1.165, 1.54) is 0 Å². The van der Waals surface area contributed by atoms with Crippen molar-refractivity contribution in [2.75, 3.05) is 40.5 Å². The van der Waals surface area contributed by atoms with Crippen LogP contribution in [0.4, 0.5) is 0 Å². The number of morpholine rings is 1. The number of carbonyl (C=O) groups is 1. The van der Waals surface area contributed by atoms with Crippen molar-refractivity contribution in [3.8, 4) is 17.6 Å². The van der Waals surface area contributed by atoms with Crippen LogP contribution in [0.25, 0.3) is 11.6 Å². The van der Waals surface area contributed by atoms with Crippen LogP contribution in [-0.4, -0.2) is 51.3 Å². The minimum atomic E-state index is -0.0624. The molecule has 2 aromatic rings. The summed E-state index contributed by atoms with van der Waals surface area (Å²) in [6.45, 7) is 2.25. The molecule has 3 rings (SSSR count). The van der Waals surface area contributed by atoms with E-state index < -0.39 is 0 Å². The summed E-state index contributed by atoms with van der Waals surface area (Å²) >= 11 is 0. The Kier molecular flexibility index (Phi) is 7.25. The Morgan fingerprint density at radius 1 is 1.07 bits per heavy atom. The lowest BCUT2D eigenvalue weighted by molar-refractivity contribution is -0.129. The molecule has 0 radical (unpaired) electrons. The lowest BCUT2D eigenvalue weighted by Crippen LogP contribution is -2.39. The van der Waals surface area contributed by atoms with Crippen molar-refractivity contribution in [1.82, 2.24) is 4.90 Å². The third-order valence-corrected chi connectivity index (χ3v) is 4.81. The number of ether oxygens (including phenoxy) is 3. The minimum absolute atomic E-state index is 0.0624. The van der Waals surface area contributed by atoms with Gasteiger partial charge in [0.1, 0.15) is 0 Å². The van der Waals surface area contributed by atoms with E-state index >= 15 is 0 Å². The molecule has 0 saturated carbocycles. The predicted molar refractivity (Wildman–Crippen MR) is 115 cm³/mol. The van der Waals surface area contributed by atoms with Crippen LogP contribution in [0.2, 0.25) is 0 Å². The van der Waals surface area contributed by atoms with Crippen LogP contribution in [0.3, 0.4) is 0 Å². The van der Waals surface area contributed by atoms with Gasteiger partial charge < -0.3 is 19.1 Å². The highest BCUT2D eigenvalue weighted by atomic mass is 16.5. The van der Waals surface area contributed by atoms with Crippen molar-refractivity contribution in [1.29, 1.82) is 5.26 Å². The molecule has 6 nitrogen and oxygen atoms in total. The molecule has 0 atom stereocenters. The number of hydrogen-bond acceptors (Lipinski definition) is 5. The van der Waals surface area contributed by atoms with Gasteiger partial charge in [-0.25, -0.2) is 0 Å². The molecule has 1 heterocycles. The second kappa shape index (κ2) is 10.3. The van der Waals surface area contributed by atoms with Crippen LogP contribution < -0.4 is 9.47 Å². The molecular weight excluding hydrogens is 380 g/mol. The Labute approximate surface area is 176 Å². The van der Waals surface area contributed by atoms with Crippen molar-refractivity contribution < 1.29 is 19.0 Å². The Hall–Kier alpha value is -3.56. The van der Waals surface area contributed by atoms with Crippen LogP contribution in [0, 0.1) is 11.3 Å². The van der Waals surface area contributed by atoms with Crippen molar-refractivity contribution >= 4 is 17.6 Å². The summed E-state index contributed by atoms with van der Waals surface area (Å²) in [6.07, 6.45) is 5.43. The fourth-order valence-corrected chi connectivity index (χ4v) is 3.11. The van der Waals surface area contributed by atoms with Crippen molar-refractivity contribution in [3.05, 3.63) is 71.3 Å². The lowest BCUT2D eigenvalue weighted by Gasteiger charge is -2.26. The molecule has 2 aromatic carbocycles. The Bertz CT molecular complexity index is 981. The maximum absolute atomic E-state index is 12.8. The number of nitriles is 1. The predicted octanol–water partition coefficient (Wildman–Crippen LogP) is 3.53. The monoisotopic (exact) mass is 404 g/mol. The molecule has 30 heavy (non-hydrogen) atoms. The molecule has 1 aliphatic rings. The third kappa shape index (κ3) is 5.28. The molecule has 0 N–H and O–H groups in total. The molecule has 6 heteroatoms. The SMILES string of the molecule is COc1ccc(C(/C=C/c2ccc(C#N)cc2)=C/C(=O)N2CCOCC2)cc1OC. The zero-order chi connectivity index (χ0) is 21.3. The standard InChI is InChI=1S/C24H24N2O4/c1-28-22-10-9-20(15-23(22)29-2)21(16-24(27)26-11-13-30-14-12-26)8-7-18-3-5-19(17-25)6-4-18/h3-10,15-16H,11-14H2,1-2H3/b8-7+,21-16+. The van der Waals surface area contributed by atoms with Gasteiger partial charge in [-0.2, -0.15) is 5.26 Å². The Morgan fingerprint density at radius 2 is 1.77 bits per heavy atom. The summed E-state index contributed by atoms with van der Waals surface area (Å²) in [7, 11) is 3.16. The van der Waals surface area contributed by atoms with Crippen molar-refractivity contribution in [2.24, 2.45) is 0 Å². The van der Waals surface area contributed by atoms with Crippen LogP contribution >= 0.6 is 0 Å². The molecule has 1 aliphatic heterocycles. The average molecular weight is 404 g/mol. The highest BCUT2D eigenvalue weighted by Gasteiger charge is 2.16. The van der Waals surface area contributed by atoms with Crippen LogP contribution in [-0.2, 0) is 9.53 Å². The topological polar surface area (TPSA) is 71.8 Å². The fourth-order valence-electron chi connectivity index (χ4n) is 3.11. The molecule has 0 aliphatic carbocycles. The summed E-state index contributed by atoms with van der Waals surface area (Å²) in [5.41, 5.74) is 3.11. The number of amides is 1. The molecule has 1 amide bonds. The Balaban J connectivity index is 1.95. The van der Waals surface area contributed by atoms with Crippen molar-refractivity contribution in [3.63, 3.8) is 0 Å². The van der Waals surface area contributed by atoms with E-state index in [2.05, 4.69) is 6.07 Å². The number of methoxy groups -OCH3 is 2.